The molecular weight excluding hydrogens is 707 g/mol. The molecule has 0 atom stereocenters. The minimum absolute atomic E-state index is 0.222. The van der Waals surface area contributed by atoms with Gasteiger partial charge in [0.1, 0.15) is 13.2 Å². The number of carbonyl (C=O) groups is 3. The average Bonchev–Trinajstić information content (AvgIpc) is 3.13. The Morgan fingerprint density at radius 2 is 1.82 bits per heavy atom. The molecule has 1 heterocycles. The van der Waals surface area contributed by atoms with Gasteiger partial charge in [-0.25, -0.2) is 0 Å². The molecule has 0 aromatic heterocycles. The summed E-state index contributed by atoms with van der Waals surface area (Å²) in [5.41, 5.74) is 2.19. The summed E-state index contributed by atoms with van der Waals surface area (Å²) in [4.78, 5) is 39.1. The third kappa shape index (κ3) is 7.31. The van der Waals surface area contributed by atoms with Crippen molar-refractivity contribution in [1.29, 1.82) is 0 Å². The van der Waals surface area contributed by atoms with Crippen LogP contribution in [0.25, 0.3) is 6.08 Å². The van der Waals surface area contributed by atoms with Crippen molar-refractivity contribution in [2.45, 2.75) is 13.5 Å². The molecule has 1 N–H and O–H groups in total. The number of halogens is 3. The second-order valence-electron chi connectivity index (χ2n) is 8.00. The molecule has 0 aliphatic carbocycles. The van der Waals surface area contributed by atoms with E-state index in [2.05, 4.69) is 43.8 Å². The Morgan fingerprint density at radius 1 is 1.11 bits per heavy atom. The van der Waals surface area contributed by atoms with Crippen molar-refractivity contribution in [2.75, 3.05) is 18.5 Å². The summed E-state index contributed by atoms with van der Waals surface area (Å²) < 4.78 is 13.5. The van der Waals surface area contributed by atoms with E-state index in [1.54, 1.807) is 48.5 Å². The van der Waals surface area contributed by atoms with Crippen LogP contribution in [-0.2, 0) is 16.2 Å². The average molecular weight is 728 g/mol. The Hall–Kier alpha value is -2.54. The molecule has 1 aliphatic rings. The summed E-state index contributed by atoms with van der Waals surface area (Å²) in [6.45, 7) is 2.24. The number of thioether (sulfide) groups is 1. The number of benzene rings is 3. The van der Waals surface area contributed by atoms with Crippen LogP contribution in [0.4, 0.5) is 10.5 Å². The van der Waals surface area contributed by atoms with Crippen molar-refractivity contribution in [1.82, 2.24) is 4.90 Å². The van der Waals surface area contributed by atoms with Gasteiger partial charge in [-0.1, -0.05) is 39.7 Å². The van der Waals surface area contributed by atoms with Crippen LogP contribution in [0.15, 0.2) is 70.0 Å². The van der Waals surface area contributed by atoms with Crippen LogP contribution in [0.3, 0.4) is 0 Å². The Morgan fingerprint density at radius 3 is 2.50 bits per heavy atom. The molecule has 38 heavy (non-hydrogen) atoms. The second-order valence-corrected chi connectivity index (χ2v) is 11.5. The molecular formula is C27H21BrClIN2O5S. The van der Waals surface area contributed by atoms with Gasteiger partial charge in [-0.05, 0) is 107 Å². The van der Waals surface area contributed by atoms with Gasteiger partial charge < -0.3 is 14.8 Å². The van der Waals surface area contributed by atoms with Crippen LogP contribution in [0.5, 0.6) is 11.5 Å². The SMILES string of the molecule is CCOc1cc(/C=C2/SC(=O)N(CC(=O)Nc3ccc(Br)cc3)C2=O)cc(I)c1OCc1ccc(Cl)cc1. The van der Waals surface area contributed by atoms with Crippen LogP contribution in [0, 0.1) is 3.57 Å². The molecule has 1 saturated heterocycles. The lowest BCUT2D eigenvalue weighted by atomic mass is 10.1. The van der Waals surface area contributed by atoms with Gasteiger partial charge in [-0.15, -0.1) is 0 Å². The molecule has 7 nitrogen and oxygen atoms in total. The summed E-state index contributed by atoms with van der Waals surface area (Å²) in [5, 5.41) is 2.84. The van der Waals surface area contributed by atoms with E-state index < -0.39 is 17.1 Å². The van der Waals surface area contributed by atoms with Crippen LogP contribution in [0.2, 0.25) is 5.02 Å². The van der Waals surface area contributed by atoms with Crippen molar-refractivity contribution in [3.05, 3.63) is 89.8 Å². The predicted molar refractivity (Wildman–Crippen MR) is 162 cm³/mol. The minimum Gasteiger partial charge on any atom is -0.490 e. The molecule has 3 amide bonds. The molecule has 0 saturated carbocycles. The highest BCUT2D eigenvalue weighted by atomic mass is 127. The molecule has 3 aromatic carbocycles. The van der Waals surface area contributed by atoms with E-state index in [1.807, 2.05) is 25.1 Å². The van der Waals surface area contributed by atoms with Gasteiger partial charge in [0.2, 0.25) is 5.91 Å². The first kappa shape index (κ1) is 28.5. The standard InChI is InChI=1S/C27H21BrClIN2O5S/c1-2-36-22-12-17(11-21(30)25(22)37-15-16-3-7-19(29)8-4-16)13-23-26(34)32(27(35)38-23)14-24(33)31-20-9-5-18(28)6-10-20/h3-13H,2,14-15H2,1H3,(H,31,33)/b23-13+. The normalized spacial score (nSPS) is 14.2. The fraction of sp³-hybridized carbons (Fsp3) is 0.148. The maximum absolute atomic E-state index is 13.0. The summed E-state index contributed by atoms with van der Waals surface area (Å²) in [6, 6.07) is 18.0. The van der Waals surface area contributed by atoms with E-state index in [9.17, 15) is 14.4 Å². The molecule has 3 aromatic rings. The first-order valence-corrected chi connectivity index (χ1v) is 14.4. The first-order chi connectivity index (χ1) is 18.2. The van der Waals surface area contributed by atoms with E-state index in [1.165, 1.54) is 0 Å². The van der Waals surface area contributed by atoms with Gasteiger partial charge in [0.25, 0.3) is 11.1 Å². The van der Waals surface area contributed by atoms with E-state index in [4.69, 9.17) is 21.1 Å². The molecule has 4 rings (SSSR count). The van der Waals surface area contributed by atoms with Crippen molar-refractivity contribution in [3.63, 3.8) is 0 Å². The minimum atomic E-state index is -0.526. The first-order valence-electron chi connectivity index (χ1n) is 11.4. The molecule has 11 heteroatoms. The van der Waals surface area contributed by atoms with E-state index in [0.29, 0.717) is 41.0 Å². The van der Waals surface area contributed by atoms with Gasteiger partial charge >= 0.3 is 0 Å². The number of carbonyl (C=O) groups excluding carboxylic acids is 3. The number of imide groups is 1. The molecule has 0 spiro atoms. The zero-order valence-corrected chi connectivity index (χ0v) is 25.3. The maximum Gasteiger partial charge on any atom is 0.294 e. The summed E-state index contributed by atoms with van der Waals surface area (Å²) in [5.74, 6) is 0.109. The lowest BCUT2D eigenvalue weighted by molar-refractivity contribution is -0.127. The number of amides is 3. The third-order valence-electron chi connectivity index (χ3n) is 5.23. The number of hydrogen-bond acceptors (Lipinski definition) is 6. The van der Waals surface area contributed by atoms with Crippen molar-refractivity contribution < 1.29 is 23.9 Å². The zero-order valence-electron chi connectivity index (χ0n) is 20.0. The van der Waals surface area contributed by atoms with Gasteiger partial charge in [-0.2, -0.15) is 0 Å². The number of hydrogen-bond donors (Lipinski definition) is 1. The van der Waals surface area contributed by atoms with Crippen molar-refractivity contribution in [3.8, 4) is 11.5 Å². The van der Waals surface area contributed by atoms with E-state index >= 15 is 0 Å². The largest absolute Gasteiger partial charge is 0.490 e. The molecule has 0 bridgehead atoms. The molecule has 1 fully saturated rings. The number of rotatable bonds is 9. The second kappa shape index (κ2) is 13.0. The van der Waals surface area contributed by atoms with Crippen LogP contribution in [0.1, 0.15) is 18.1 Å². The Kier molecular flexibility index (Phi) is 9.74. The highest BCUT2D eigenvalue weighted by Gasteiger charge is 2.36. The number of anilines is 1. The predicted octanol–water partition coefficient (Wildman–Crippen LogP) is 7.36. The smallest absolute Gasteiger partial charge is 0.294 e. The van der Waals surface area contributed by atoms with Crippen molar-refractivity contribution in [2.24, 2.45) is 0 Å². The summed E-state index contributed by atoms with van der Waals surface area (Å²) in [7, 11) is 0. The fourth-order valence-electron chi connectivity index (χ4n) is 3.48. The lowest BCUT2D eigenvalue weighted by Crippen LogP contribution is -2.36. The van der Waals surface area contributed by atoms with E-state index in [0.717, 1.165) is 30.3 Å². The summed E-state index contributed by atoms with van der Waals surface area (Å²) in [6.07, 6.45) is 1.62. The van der Waals surface area contributed by atoms with Gasteiger partial charge in [-0.3, -0.25) is 19.3 Å². The molecule has 0 unspecified atom stereocenters. The number of ether oxygens (including phenoxy) is 2. The Balaban J connectivity index is 1.48. The maximum atomic E-state index is 13.0. The number of nitrogens with one attached hydrogen (secondary N) is 1. The number of nitrogens with zero attached hydrogens (tertiary/aromatic N) is 1. The highest BCUT2D eigenvalue weighted by molar-refractivity contribution is 14.1. The lowest BCUT2D eigenvalue weighted by Gasteiger charge is -2.15. The monoisotopic (exact) mass is 726 g/mol. The molecule has 196 valence electrons. The van der Waals surface area contributed by atoms with Crippen LogP contribution in [-0.4, -0.2) is 35.1 Å². The van der Waals surface area contributed by atoms with Gasteiger partial charge in [0, 0.05) is 15.2 Å². The Labute approximate surface area is 251 Å². The topological polar surface area (TPSA) is 84.9 Å². The molecule has 0 radical (unpaired) electrons. The third-order valence-corrected chi connectivity index (χ3v) is 7.72. The fourth-order valence-corrected chi connectivity index (χ4v) is 5.49. The van der Waals surface area contributed by atoms with Gasteiger partial charge in [0.05, 0.1) is 15.1 Å². The van der Waals surface area contributed by atoms with Crippen LogP contribution >= 0.6 is 61.9 Å². The molecule has 1 aliphatic heterocycles. The highest BCUT2D eigenvalue weighted by Crippen LogP contribution is 2.38. The van der Waals surface area contributed by atoms with Crippen LogP contribution < -0.4 is 14.8 Å². The zero-order chi connectivity index (χ0) is 27.2. The summed E-state index contributed by atoms with van der Waals surface area (Å²) >= 11 is 12.2. The Bertz CT molecular complexity index is 1400. The van der Waals surface area contributed by atoms with Crippen molar-refractivity contribution >= 4 is 90.7 Å². The van der Waals surface area contributed by atoms with Gasteiger partial charge in [0.15, 0.2) is 11.5 Å². The quantitative estimate of drug-likeness (QED) is 0.183. The van der Waals surface area contributed by atoms with E-state index in [-0.39, 0.29) is 11.4 Å².